The van der Waals surface area contributed by atoms with Gasteiger partial charge in [0.25, 0.3) is 0 Å². The molecule has 2 atom stereocenters. The van der Waals surface area contributed by atoms with Crippen LogP contribution in [0, 0.1) is 0 Å². The number of methoxy groups -OCH3 is 1. The monoisotopic (exact) mass is 274 g/mol. The van der Waals surface area contributed by atoms with E-state index in [9.17, 15) is 9.59 Å². The zero-order valence-corrected chi connectivity index (χ0v) is 12.1. The highest BCUT2D eigenvalue weighted by atomic mass is 16.6. The van der Waals surface area contributed by atoms with E-state index in [4.69, 9.17) is 9.47 Å². The number of rotatable bonds is 4. The van der Waals surface area contributed by atoms with Gasteiger partial charge in [0.2, 0.25) is 0 Å². The molecule has 0 fully saturated rings. The number of esters is 1. The molecule has 4 heteroatoms. The molecule has 20 heavy (non-hydrogen) atoms. The van der Waals surface area contributed by atoms with Crippen molar-refractivity contribution in [3.8, 4) is 5.75 Å². The van der Waals surface area contributed by atoms with Crippen LogP contribution in [-0.4, -0.2) is 18.9 Å². The summed E-state index contributed by atoms with van der Waals surface area (Å²) in [6.45, 7) is 4.79. The van der Waals surface area contributed by atoms with Gasteiger partial charge in [0.05, 0.1) is 7.11 Å². The highest BCUT2D eigenvalue weighted by molar-refractivity contribution is 5.87. The van der Waals surface area contributed by atoms with Crippen LogP contribution in [0.1, 0.15) is 37.8 Å². The first-order chi connectivity index (χ1) is 9.42. The van der Waals surface area contributed by atoms with Crippen molar-refractivity contribution in [1.82, 2.24) is 0 Å². The normalized spacial score (nSPS) is 23.9. The van der Waals surface area contributed by atoms with Gasteiger partial charge in [-0.25, -0.2) is 0 Å². The van der Waals surface area contributed by atoms with E-state index in [-0.39, 0.29) is 17.7 Å². The Kier molecular flexibility index (Phi) is 3.66. The summed E-state index contributed by atoms with van der Waals surface area (Å²) in [4.78, 5) is 22.7. The van der Waals surface area contributed by atoms with Gasteiger partial charge in [0.1, 0.15) is 5.75 Å². The number of ether oxygens (including phenoxy) is 2. The second-order valence-corrected chi connectivity index (χ2v) is 4.98. The van der Waals surface area contributed by atoms with Crippen molar-refractivity contribution < 1.29 is 19.1 Å². The van der Waals surface area contributed by atoms with Crippen LogP contribution >= 0.6 is 0 Å². The molecule has 1 aromatic carbocycles. The number of carbonyl (C=O) groups excluding carboxylic acids is 2. The molecular weight excluding hydrogens is 256 g/mol. The van der Waals surface area contributed by atoms with Crippen molar-refractivity contribution in [2.45, 2.75) is 32.3 Å². The van der Waals surface area contributed by atoms with Crippen LogP contribution in [0.4, 0.5) is 0 Å². The number of fused-ring (bicyclic) bond motifs is 1. The Morgan fingerprint density at radius 2 is 2.00 bits per heavy atom. The molecule has 0 radical (unpaired) electrons. The van der Waals surface area contributed by atoms with Gasteiger partial charge in [-0.15, -0.1) is 0 Å². The van der Waals surface area contributed by atoms with Gasteiger partial charge >= 0.3 is 5.97 Å². The Bertz CT molecular complexity index is 574. The molecule has 4 nitrogen and oxygen atoms in total. The fourth-order valence-corrected chi connectivity index (χ4v) is 2.75. The van der Waals surface area contributed by atoms with Crippen molar-refractivity contribution in [1.29, 1.82) is 0 Å². The van der Waals surface area contributed by atoms with E-state index in [0.29, 0.717) is 5.75 Å². The topological polar surface area (TPSA) is 52.6 Å². The SMILES string of the molecule is COc1cccc2c1[C@@](/C=C/C(C)=O)(OC(C)=O)[C@H]2C. The van der Waals surface area contributed by atoms with Gasteiger partial charge in [-0.05, 0) is 30.7 Å². The lowest BCUT2D eigenvalue weighted by Gasteiger charge is -2.47. The van der Waals surface area contributed by atoms with E-state index in [1.54, 1.807) is 13.2 Å². The smallest absolute Gasteiger partial charge is 0.303 e. The molecule has 1 aliphatic carbocycles. The van der Waals surface area contributed by atoms with Crippen molar-refractivity contribution in [3.63, 3.8) is 0 Å². The van der Waals surface area contributed by atoms with Crippen molar-refractivity contribution >= 4 is 11.8 Å². The maximum atomic E-state index is 11.5. The van der Waals surface area contributed by atoms with Crippen molar-refractivity contribution in [2.75, 3.05) is 7.11 Å². The Balaban J connectivity index is 2.57. The van der Waals surface area contributed by atoms with E-state index in [0.717, 1.165) is 11.1 Å². The van der Waals surface area contributed by atoms with E-state index in [2.05, 4.69) is 0 Å². The largest absolute Gasteiger partial charge is 0.496 e. The summed E-state index contributed by atoms with van der Waals surface area (Å²) in [6, 6.07) is 5.71. The third kappa shape index (κ3) is 2.11. The minimum atomic E-state index is -0.917. The minimum Gasteiger partial charge on any atom is -0.496 e. The summed E-state index contributed by atoms with van der Waals surface area (Å²) >= 11 is 0. The maximum Gasteiger partial charge on any atom is 0.303 e. The highest BCUT2D eigenvalue weighted by Crippen LogP contribution is 2.56. The van der Waals surface area contributed by atoms with Crippen LogP contribution in [0.2, 0.25) is 0 Å². The van der Waals surface area contributed by atoms with Crippen LogP contribution in [0.15, 0.2) is 30.4 Å². The number of carbonyl (C=O) groups is 2. The lowest BCUT2D eigenvalue weighted by Crippen LogP contribution is -2.44. The summed E-state index contributed by atoms with van der Waals surface area (Å²) in [7, 11) is 1.58. The molecule has 0 saturated heterocycles. The van der Waals surface area contributed by atoms with Gasteiger partial charge in [-0.2, -0.15) is 0 Å². The first-order valence-corrected chi connectivity index (χ1v) is 6.49. The van der Waals surface area contributed by atoms with Crippen LogP contribution in [0.25, 0.3) is 0 Å². The second-order valence-electron chi connectivity index (χ2n) is 4.98. The molecule has 1 aliphatic rings. The molecule has 0 amide bonds. The van der Waals surface area contributed by atoms with Gasteiger partial charge < -0.3 is 9.47 Å². The zero-order valence-electron chi connectivity index (χ0n) is 12.1. The molecular formula is C16H18O4. The molecule has 0 unspecified atom stereocenters. The molecule has 0 heterocycles. The van der Waals surface area contributed by atoms with Crippen molar-refractivity contribution in [3.05, 3.63) is 41.5 Å². The van der Waals surface area contributed by atoms with Gasteiger partial charge in [0, 0.05) is 18.4 Å². The van der Waals surface area contributed by atoms with Gasteiger partial charge in [-0.1, -0.05) is 19.1 Å². The quantitative estimate of drug-likeness (QED) is 0.625. The Labute approximate surface area is 118 Å². The molecule has 0 N–H and O–H groups in total. The average molecular weight is 274 g/mol. The Hall–Kier alpha value is -2.10. The third-order valence-corrected chi connectivity index (χ3v) is 3.66. The summed E-state index contributed by atoms with van der Waals surface area (Å²) in [6.07, 6.45) is 3.10. The fourth-order valence-electron chi connectivity index (χ4n) is 2.75. The average Bonchev–Trinajstić information content (AvgIpc) is 2.41. The summed E-state index contributed by atoms with van der Waals surface area (Å²) in [5, 5.41) is 0. The van der Waals surface area contributed by atoms with Gasteiger partial charge in [-0.3, -0.25) is 9.59 Å². The molecule has 1 aromatic rings. The lowest BCUT2D eigenvalue weighted by atomic mass is 9.64. The predicted molar refractivity (Wildman–Crippen MR) is 74.7 cm³/mol. The predicted octanol–water partition coefficient (Wildman–Crippen LogP) is 2.72. The lowest BCUT2D eigenvalue weighted by molar-refractivity contribution is -0.158. The summed E-state index contributed by atoms with van der Waals surface area (Å²) < 4.78 is 10.9. The number of allylic oxidation sites excluding steroid dienone is 1. The summed E-state index contributed by atoms with van der Waals surface area (Å²) in [5.41, 5.74) is 0.973. The van der Waals surface area contributed by atoms with E-state index in [1.807, 2.05) is 25.1 Å². The van der Waals surface area contributed by atoms with Crippen LogP contribution in [-0.2, 0) is 19.9 Å². The first-order valence-electron chi connectivity index (χ1n) is 6.49. The molecule has 0 saturated carbocycles. The van der Waals surface area contributed by atoms with E-state index in [1.165, 1.54) is 19.9 Å². The fraction of sp³-hybridized carbons (Fsp3) is 0.375. The first kappa shape index (κ1) is 14.3. The number of hydrogen-bond donors (Lipinski definition) is 0. The number of ketones is 1. The molecule has 0 aliphatic heterocycles. The third-order valence-electron chi connectivity index (χ3n) is 3.66. The van der Waals surface area contributed by atoms with E-state index >= 15 is 0 Å². The molecule has 0 aromatic heterocycles. The molecule has 0 spiro atoms. The Morgan fingerprint density at radius 1 is 1.30 bits per heavy atom. The Morgan fingerprint density at radius 3 is 2.55 bits per heavy atom. The van der Waals surface area contributed by atoms with Crippen LogP contribution in [0.5, 0.6) is 5.75 Å². The second kappa shape index (κ2) is 5.12. The maximum absolute atomic E-state index is 11.5. The summed E-state index contributed by atoms with van der Waals surface area (Å²) in [5.74, 6) is 0.163. The highest BCUT2D eigenvalue weighted by Gasteiger charge is 2.52. The number of benzene rings is 1. The zero-order chi connectivity index (χ0) is 14.9. The van der Waals surface area contributed by atoms with Crippen molar-refractivity contribution in [2.24, 2.45) is 0 Å². The van der Waals surface area contributed by atoms with Gasteiger partial charge in [0.15, 0.2) is 11.4 Å². The standard InChI is InChI=1S/C16H18O4/c1-10(17)8-9-16(20-12(3)18)11(2)13-6-5-7-14(19-4)15(13)16/h5-9,11H,1-4H3/b9-8+/t11-,16-/m0/s1. The molecule has 106 valence electrons. The van der Waals surface area contributed by atoms with E-state index < -0.39 is 5.60 Å². The minimum absolute atomic E-state index is 0.0212. The van der Waals surface area contributed by atoms with Crippen LogP contribution < -0.4 is 4.74 Å². The molecule has 0 bridgehead atoms. The van der Waals surface area contributed by atoms with Crippen LogP contribution in [0.3, 0.4) is 0 Å². The molecule has 2 rings (SSSR count). The number of hydrogen-bond acceptors (Lipinski definition) is 4.